The van der Waals surface area contributed by atoms with Gasteiger partial charge in [0.05, 0.1) is 0 Å². The second-order valence-corrected chi connectivity index (χ2v) is 18.4. The van der Waals surface area contributed by atoms with E-state index in [1.807, 2.05) is 0 Å². The van der Waals surface area contributed by atoms with Crippen LogP contribution in [-0.4, -0.2) is 18.4 Å². The molecule has 0 unspecified atom stereocenters. The number of hydrogen-bond acceptors (Lipinski definition) is 0. The molecule has 1 heteroatoms. The zero-order valence-electron chi connectivity index (χ0n) is 18.6. The number of benzene rings is 4. The SMILES string of the molecule is C=[CH][Sn]1([CH]=C)[C](c2ccccc2)=C(c2ccccc2)C(c2ccccc2)=[C]1c1ccccc1. The van der Waals surface area contributed by atoms with Crippen molar-refractivity contribution in [3.63, 3.8) is 0 Å². The van der Waals surface area contributed by atoms with Crippen LogP contribution in [0.25, 0.3) is 18.3 Å². The fourth-order valence-electron chi connectivity index (χ4n) is 5.04. The molecular weight excluding hydrogens is 503 g/mol. The van der Waals surface area contributed by atoms with Gasteiger partial charge in [-0.3, -0.25) is 0 Å². The first-order chi connectivity index (χ1) is 16.3. The summed E-state index contributed by atoms with van der Waals surface area (Å²) in [5, 5.41) is 0. The zero-order chi connectivity index (χ0) is 22.7. The Bertz CT molecular complexity index is 1240. The summed E-state index contributed by atoms with van der Waals surface area (Å²) in [4.78, 5) is 0. The minimum absolute atomic E-state index is 1.24. The van der Waals surface area contributed by atoms with Gasteiger partial charge in [-0.1, -0.05) is 0 Å². The molecule has 0 spiro atoms. The third kappa shape index (κ3) is 3.65. The van der Waals surface area contributed by atoms with Gasteiger partial charge in [0.15, 0.2) is 0 Å². The van der Waals surface area contributed by atoms with Crippen molar-refractivity contribution in [2.45, 2.75) is 0 Å². The van der Waals surface area contributed by atoms with Gasteiger partial charge in [-0.2, -0.15) is 0 Å². The first-order valence-electron chi connectivity index (χ1n) is 11.3. The number of allylic oxidation sites excluding steroid dienone is 2. The van der Waals surface area contributed by atoms with Crippen molar-refractivity contribution in [1.29, 1.82) is 0 Å². The summed E-state index contributed by atoms with van der Waals surface area (Å²) in [6.07, 6.45) is 0. The van der Waals surface area contributed by atoms with Crippen molar-refractivity contribution in [2.75, 3.05) is 0 Å². The van der Waals surface area contributed by atoms with Crippen molar-refractivity contribution in [3.05, 3.63) is 165 Å². The summed E-state index contributed by atoms with van der Waals surface area (Å²) in [5.74, 6) is 0. The molecule has 5 rings (SSSR count). The number of rotatable bonds is 6. The van der Waals surface area contributed by atoms with Gasteiger partial charge in [-0.15, -0.1) is 0 Å². The third-order valence-electron chi connectivity index (χ3n) is 6.47. The van der Waals surface area contributed by atoms with Crippen LogP contribution in [0.5, 0.6) is 0 Å². The molecule has 0 bridgehead atoms. The number of hydrogen-bond donors (Lipinski definition) is 0. The topological polar surface area (TPSA) is 0 Å². The van der Waals surface area contributed by atoms with Gasteiger partial charge in [0.2, 0.25) is 0 Å². The van der Waals surface area contributed by atoms with Crippen LogP contribution < -0.4 is 0 Å². The Morgan fingerprint density at radius 3 is 0.939 bits per heavy atom. The third-order valence-corrected chi connectivity index (χ3v) is 17.9. The molecule has 1 aliphatic heterocycles. The predicted octanol–water partition coefficient (Wildman–Crippen LogP) is 8.20. The molecule has 1 aliphatic rings. The summed E-state index contributed by atoms with van der Waals surface area (Å²) < 4.78 is 7.40. The predicted molar refractivity (Wildman–Crippen MR) is 146 cm³/mol. The van der Waals surface area contributed by atoms with Crippen molar-refractivity contribution in [1.82, 2.24) is 0 Å². The molecule has 0 N–H and O–H groups in total. The molecule has 0 atom stereocenters. The Morgan fingerprint density at radius 2 is 0.667 bits per heavy atom. The Morgan fingerprint density at radius 1 is 0.394 bits per heavy atom. The van der Waals surface area contributed by atoms with Crippen LogP contribution in [0.2, 0.25) is 0 Å². The second-order valence-electron chi connectivity index (χ2n) is 8.24. The molecule has 4 aromatic carbocycles. The van der Waals surface area contributed by atoms with E-state index in [0.29, 0.717) is 0 Å². The first kappa shape index (κ1) is 21.5. The van der Waals surface area contributed by atoms with E-state index in [9.17, 15) is 0 Å². The van der Waals surface area contributed by atoms with Gasteiger partial charge in [0.1, 0.15) is 0 Å². The average Bonchev–Trinajstić information content (AvgIpc) is 3.22. The second kappa shape index (κ2) is 9.25. The van der Waals surface area contributed by atoms with Crippen LogP contribution in [0.4, 0.5) is 0 Å². The first-order valence-corrected chi connectivity index (χ1v) is 17.4. The molecule has 0 fully saturated rings. The molecular formula is C32H26Sn. The molecule has 0 aromatic heterocycles. The normalized spacial score (nSPS) is 14.9. The molecule has 0 radical (unpaired) electrons. The maximum absolute atomic E-state index is 4.45. The van der Waals surface area contributed by atoms with Crippen LogP contribution in [0.3, 0.4) is 0 Å². The van der Waals surface area contributed by atoms with Gasteiger partial charge < -0.3 is 0 Å². The van der Waals surface area contributed by atoms with Crippen LogP contribution in [0.1, 0.15) is 22.3 Å². The van der Waals surface area contributed by atoms with Crippen molar-refractivity contribution < 1.29 is 0 Å². The van der Waals surface area contributed by atoms with Crippen LogP contribution in [-0.2, 0) is 0 Å². The Labute approximate surface area is 200 Å². The Kier molecular flexibility index (Phi) is 6.02. The average molecular weight is 529 g/mol. The quantitative estimate of drug-likeness (QED) is 0.221. The van der Waals surface area contributed by atoms with E-state index in [2.05, 4.69) is 143 Å². The molecule has 0 amide bonds. The van der Waals surface area contributed by atoms with Crippen LogP contribution in [0.15, 0.2) is 143 Å². The monoisotopic (exact) mass is 530 g/mol. The molecule has 1 heterocycles. The van der Waals surface area contributed by atoms with E-state index < -0.39 is 18.4 Å². The maximum atomic E-state index is 4.45. The fourth-order valence-corrected chi connectivity index (χ4v) is 16.1. The van der Waals surface area contributed by atoms with E-state index in [4.69, 9.17) is 0 Å². The zero-order valence-corrected chi connectivity index (χ0v) is 21.5. The van der Waals surface area contributed by atoms with Gasteiger partial charge in [-0.05, 0) is 0 Å². The Hall–Kier alpha value is -3.36. The summed E-state index contributed by atoms with van der Waals surface area (Å²) in [6.45, 7) is 8.89. The Balaban J connectivity index is 1.99. The van der Waals surface area contributed by atoms with Crippen molar-refractivity contribution >= 4 is 36.7 Å². The van der Waals surface area contributed by atoms with Crippen LogP contribution >= 0.6 is 0 Å². The molecule has 0 saturated carbocycles. The van der Waals surface area contributed by atoms with Gasteiger partial charge in [-0.25, -0.2) is 0 Å². The van der Waals surface area contributed by atoms with Gasteiger partial charge in [0, 0.05) is 0 Å². The molecule has 158 valence electrons. The van der Waals surface area contributed by atoms with Crippen LogP contribution in [0, 0.1) is 0 Å². The summed E-state index contributed by atoms with van der Waals surface area (Å²) in [7, 11) is 0. The summed E-state index contributed by atoms with van der Waals surface area (Å²) >= 11 is -3.54. The molecule has 33 heavy (non-hydrogen) atoms. The minimum atomic E-state index is -3.54. The van der Waals surface area contributed by atoms with Gasteiger partial charge >= 0.3 is 202 Å². The van der Waals surface area contributed by atoms with E-state index in [1.54, 1.807) is 0 Å². The fraction of sp³-hybridized carbons (Fsp3) is 0. The van der Waals surface area contributed by atoms with Gasteiger partial charge in [0.25, 0.3) is 0 Å². The van der Waals surface area contributed by atoms with E-state index in [0.717, 1.165) is 0 Å². The molecule has 0 saturated heterocycles. The molecule has 0 nitrogen and oxygen atoms in total. The molecule has 4 aromatic rings. The molecule has 0 aliphatic carbocycles. The summed E-state index contributed by atoms with van der Waals surface area (Å²) in [5.41, 5.74) is 7.67. The summed E-state index contributed by atoms with van der Waals surface area (Å²) in [6, 6.07) is 43.3. The van der Waals surface area contributed by atoms with Crippen molar-refractivity contribution in [3.8, 4) is 0 Å². The van der Waals surface area contributed by atoms with E-state index in [-0.39, 0.29) is 0 Å². The van der Waals surface area contributed by atoms with E-state index >= 15 is 0 Å². The van der Waals surface area contributed by atoms with Crippen molar-refractivity contribution in [2.24, 2.45) is 0 Å². The standard InChI is InChI=1S/C28H20.2C2H3.Sn/c1-5-13-23(14-6-1)21-27(25-17-9-3-10-18-25)28(26-19-11-4-12-20-26)22-24-15-7-2-8-16-24;2*1-2;/h1-20H;2*1H,2H2;. The van der Waals surface area contributed by atoms with E-state index in [1.165, 1.54) is 40.6 Å².